The van der Waals surface area contributed by atoms with E-state index in [9.17, 15) is 4.79 Å². The molecule has 0 saturated carbocycles. The fourth-order valence-corrected chi connectivity index (χ4v) is 2.04. The Hall–Kier alpha value is -1.05. The largest absolute Gasteiger partial charge is 0.341 e. The molecule has 4 nitrogen and oxygen atoms in total. The standard InChI is InChI=1S/C13H23N3O/c1-3-5-12(4-2)15-13(17)10-16-8-6-11(14)7-9-16/h2,11-12H,3,5-10,14H2,1H3,(H,15,17). The minimum atomic E-state index is -0.125. The van der Waals surface area contributed by atoms with Crippen LogP contribution in [0.1, 0.15) is 32.6 Å². The van der Waals surface area contributed by atoms with Crippen LogP contribution in [-0.2, 0) is 4.79 Å². The second-order valence-electron chi connectivity index (χ2n) is 4.69. The van der Waals surface area contributed by atoms with Gasteiger partial charge in [-0.25, -0.2) is 0 Å². The molecule has 1 rings (SSSR count). The van der Waals surface area contributed by atoms with Crippen molar-refractivity contribution in [3.05, 3.63) is 0 Å². The lowest BCUT2D eigenvalue weighted by Crippen LogP contribution is -2.46. The predicted octanol–water partition coefficient (Wildman–Crippen LogP) is 0.328. The van der Waals surface area contributed by atoms with Crippen LogP contribution in [0.25, 0.3) is 0 Å². The molecule has 1 heterocycles. The minimum Gasteiger partial charge on any atom is -0.341 e. The molecular weight excluding hydrogens is 214 g/mol. The van der Waals surface area contributed by atoms with E-state index in [1.165, 1.54) is 0 Å². The molecule has 0 aromatic heterocycles. The molecule has 1 fully saturated rings. The van der Waals surface area contributed by atoms with Gasteiger partial charge in [-0.15, -0.1) is 6.42 Å². The van der Waals surface area contributed by atoms with Crippen molar-refractivity contribution in [2.24, 2.45) is 5.73 Å². The summed E-state index contributed by atoms with van der Waals surface area (Å²) in [4.78, 5) is 13.9. The zero-order valence-corrected chi connectivity index (χ0v) is 10.6. The maximum Gasteiger partial charge on any atom is 0.235 e. The van der Waals surface area contributed by atoms with Crippen LogP contribution in [0.3, 0.4) is 0 Å². The topological polar surface area (TPSA) is 58.4 Å². The molecule has 0 radical (unpaired) electrons. The van der Waals surface area contributed by atoms with Gasteiger partial charge in [0.1, 0.15) is 0 Å². The highest BCUT2D eigenvalue weighted by molar-refractivity contribution is 5.78. The van der Waals surface area contributed by atoms with Gasteiger partial charge in [0.15, 0.2) is 0 Å². The zero-order valence-electron chi connectivity index (χ0n) is 10.6. The lowest BCUT2D eigenvalue weighted by atomic mass is 10.1. The second-order valence-corrected chi connectivity index (χ2v) is 4.69. The molecule has 1 saturated heterocycles. The lowest BCUT2D eigenvalue weighted by molar-refractivity contribution is -0.122. The second kappa shape index (κ2) is 7.31. The van der Waals surface area contributed by atoms with Gasteiger partial charge in [-0.3, -0.25) is 9.69 Å². The number of amides is 1. The summed E-state index contributed by atoms with van der Waals surface area (Å²) in [6, 6.07) is 0.174. The van der Waals surface area contributed by atoms with Crippen LogP contribution in [0.4, 0.5) is 0 Å². The summed E-state index contributed by atoms with van der Waals surface area (Å²) in [5.74, 6) is 2.63. The third-order valence-electron chi connectivity index (χ3n) is 3.11. The van der Waals surface area contributed by atoms with E-state index in [4.69, 9.17) is 12.2 Å². The van der Waals surface area contributed by atoms with E-state index in [1.807, 2.05) is 0 Å². The van der Waals surface area contributed by atoms with E-state index < -0.39 is 0 Å². The number of piperidine rings is 1. The van der Waals surface area contributed by atoms with Crippen molar-refractivity contribution in [1.82, 2.24) is 10.2 Å². The van der Waals surface area contributed by atoms with Crippen molar-refractivity contribution in [1.29, 1.82) is 0 Å². The highest BCUT2D eigenvalue weighted by Crippen LogP contribution is 2.07. The van der Waals surface area contributed by atoms with Gasteiger partial charge in [0, 0.05) is 19.1 Å². The summed E-state index contributed by atoms with van der Waals surface area (Å²) in [6.07, 6.45) is 9.13. The molecule has 0 aromatic carbocycles. The summed E-state index contributed by atoms with van der Waals surface area (Å²) < 4.78 is 0. The number of nitrogens with zero attached hydrogens (tertiary/aromatic N) is 1. The average molecular weight is 237 g/mol. The molecule has 3 N–H and O–H groups in total. The molecule has 17 heavy (non-hydrogen) atoms. The molecule has 0 aliphatic carbocycles. The van der Waals surface area contributed by atoms with E-state index in [0.29, 0.717) is 12.6 Å². The number of hydrogen-bond donors (Lipinski definition) is 2. The SMILES string of the molecule is C#CC(CCC)NC(=O)CN1CCC(N)CC1. The van der Waals surface area contributed by atoms with Crippen molar-refractivity contribution in [3.8, 4) is 12.3 Å². The maximum absolute atomic E-state index is 11.8. The number of nitrogens with two attached hydrogens (primary N) is 1. The molecule has 96 valence electrons. The molecular formula is C13H23N3O. The Balaban J connectivity index is 2.27. The van der Waals surface area contributed by atoms with Gasteiger partial charge in [0.2, 0.25) is 5.91 Å². The van der Waals surface area contributed by atoms with Gasteiger partial charge in [0.05, 0.1) is 12.6 Å². The van der Waals surface area contributed by atoms with E-state index in [2.05, 4.69) is 23.1 Å². The first-order valence-electron chi connectivity index (χ1n) is 6.39. The van der Waals surface area contributed by atoms with Crippen LogP contribution >= 0.6 is 0 Å². The molecule has 0 bridgehead atoms. The quantitative estimate of drug-likeness (QED) is 0.677. The Kier molecular flexibility index (Phi) is 6.03. The number of carbonyl (C=O) groups excluding carboxylic acids is 1. The van der Waals surface area contributed by atoms with Gasteiger partial charge >= 0.3 is 0 Å². The summed E-state index contributed by atoms with van der Waals surface area (Å²) >= 11 is 0. The molecule has 1 atom stereocenters. The first-order valence-corrected chi connectivity index (χ1v) is 6.39. The number of hydrogen-bond acceptors (Lipinski definition) is 3. The molecule has 1 aliphatic heterocycles. The Labute approximate surface area is 104 Å². The van der Waals surface area contributed by atoms with Crippen LogP contribution in [0.15, 0.2) is 0 Å². The molecule has 4 heteroatoms. The fraction of sp³-hybridized carbons (Fsp3) is 0.769. The number of terminal acetylenes is 1. The van der Waals surface area contributed by atoms with Crippen LogP contribution < -0.4 is 11.1 Å². The highest BCUT2D eigenvalue weighted by atomic mass is 16.2. The first-order chi connectivity index (χ1) is 8.15. The van der Waals surface area contributed by atoms with Crippen LogP contribution in [-0.4, -0.2) is 42.5 Å². The average Bonchev–Trinajstić information content (AvgIpc) is 2.31. The third kappa shape index (κ3) is 5.20. The maximum atomic E-state index is 11.8. The van der Waals surface area contributed by atoms with E-state index in [0.717, 1.165) is 38.8 Å². The number of rotatable bonds is 5. The first kappa shape index (κ1) is 14.0. The third-order valence-corrected chi connectivity index (χ3v) is 3.11. The molecule has 1 unspecified atom stereocenters. The molecule has 1 aliphatic rings. The van der Waals surface area contributed by atoms with Crippen LogP contribution in [0.2, 0.25) is 0 Å². The number of carbonyl (C=O) groups is 1. The summed E-state index contributed by atoms with van der Waals surface area (Å²) in [6.45, 7) is 4.31. The van der Waals surface area contributed by atoms with Gasteiger partial charge in [-0.2, -0.15) is 0 Å². The van der Waals surface area contributed by atoms with Gasteiger partial charge in [0.25, 0.3) is 0 Å². The Morgan fingerprint density at radius 1 is 1.59 bits per heavy atom. The van der Waals surface area contributed by atoms with Crippen LogP contribution in [0.5, 0.6) is 0 Å². The molecule has 0 spiro atoms. The van der Waals surface area contributed by atoms with Crippen molar-refractivity contribution in [2.75, 3.05) is 19.6 Å². The Morgan fingerprint density at radius 2 is 2.24 bits per heavy atom. The fourth-order valence-electron chi connectivity index (χ4n) is 2.04. The van der Waals surface area contributed by atoms with Crippen molar-refractivity contribution in [3.63, 3.8) is 0 Å². The lowest BCUT2D eigenvalue weighted by Gasteiger charge is -2.29. The highest BCUT2D eigenvalue weighted by Gasteiger charge is 2.18. The monoisotopic (exact) mass is 237 g/mol. The van der Waals surface area contributed by atoms with Crippen molar-refractivity contribution >= 4 is 5.91 Å². The van der Waals surface area contributed by atoms with E-state index in [1.54, 1.807) is 0 Å². The van der Waals surface area contributed by atoms with Crippen LogP contribution in [0, 0.1) is 12.3 Å². The van der Waals surface area contributed by atoms with E-state index in [-0.39, 0.29) is 11.9 Å². The van der Waals surface area contributed by atoms with Gasteiger partial charge in [-0.1, -0.05) is 19.3 Å². The smallest absolute Gasteiger partial charge is 0.235 e. The number of nitrogens with one attached hydrogen (secondary N) is 1. The molecule has 0 aromatic rings. The Morgan fingerprint density at radius 3 is 2.76 bits per heavy atom. The summed E-state index contributed by atoms with van der Waals surface area (Å²) in [5, 5.41) is 2.88. The van der Waals surface area contributed by atoms with Crippen molar-refractivity contribution in [2.45, 2.75) is 44.7 Å². The Bertz CT molecular complexity index is 277. The normalized spacial score (nSPS) is 19.6. The van der Waals surface area contributed by atoms with E-state index >= 15 is 0 Å². The predicted molar refractivity (Wildman–Crippen MR) is 69.3 cm³/mol. The van der Waals surface area contributed by atoms with Gasteiger partial charge < -0.3 is 11.1 Å². The minimum absolute atomic E-state index is 0.0249. The van der Waals surface area contributed by atoms with Gasteiger partial charge in [-0.05, 0) is 19.3 Å². The van der Waals surface area contributed by atoms with Crippen molar-refractivity contribution < 1.29 is 4.79 Å². The number of likely N-dealkylation sites (tertiary alicyclic amines) is 1. The summed E-state index contributed by atoms with van der Waals surface area (Å²) in [5.41, 5.74) is 5.82. The molecule has 1 amide bonds. The summed E-state index contributed by atoms with van der Waals surface area (Å²) in [7, 11) is 0. The zero-order chi connectivity index (χ0) is 12.7.